The third-order valence-corrected chi connectivity index (χ3v) is 6.17. The van der Waals surface area contributed by atoms with Crippen molar-refractivity contribution in [2.45, 2.75) is 111 Å². The van der Waals surface area contributed by atoms with Crippen molar-refractivity contribution in [2.24, 2.45) is 0 Å². The monoisotopic (exact) mass is 395 g/mol. The molecule has 0 fully saturated rings. The molecule has 0 rings (SSSR count). The molecule has 0 saturated carbocycles. The summed E-state index contributed by atoms with van der Waals surface area (Å²) in [4.78, 5) is 11.9. The van der Waals surface area contributed by atoms with Crippen LogP contribution in [-0.4, -0.2) is 43.6 Å². The molecule has 166 valence electrons. The van der Waals surface area contributed by atoms with E-state index in [9.17, 15) is 4.79 Å². The molecule has 0 aromatic carbocycles. The first-order chi connectivity index (χ1) is 13.6. The summed E-state index contributed by atoms with van der Waals surface area (Å²) in [5.41, 5.74) is 0. The van der Waals surface area contributed by atoms with E-state index in [1.54, 1.807) is 0 Å². The molecule has 1 N–H and O–H groups in total. The summed E-state index contributed by atoms with van der Waals surface area (Å²) in [5.74, 6) is 0.233. The number of carbonyl (C=O) groups excluding carboxylic acids is 1. The number of unbranched alkanes of at least 4 members (excludes halogenated alkanes) is 11. The molecule has 0 heterocycles. The van der Waals surface area contributed by atoms with Gasteiger partial charge in [-0.15, -0.1) is 0 Å². The highest BCUT2D eigenvalue weighted by Crippen LogP contribution is 2.10. The Kier molecular flexibility index (Phi) is 18.9. The number of rotatable bonds is 20. The lowest BCUT2D eigenvalue weighted by Gasteiger charge is -2.32. The Morgan fingerprint density at radius 1 is 0.750 bits per heavy atom. The zero-order chi connectivity index (χ0) is 20.9. The molecule has 0 aliphatic rings. The zero-order valence-electron chi connectivity index (χ0n) is 19.7. The van der Waals surface area contributed by atoms with Crippen LogP contribution in [0.15, 0.2) is 12.2 Å². The van der Waals surface area contributed by atoms with E-state index in [2.05, 4.69) is 45.3 Å². The van der Waals surface area contributed by atoms with Crippen LogP contribution in [0.1, 0.15) is 111 Å². The summed E-state index contributed by atoms with van der Waals surface area (Å²) in [7, 11) is 2.26. The Balaban J connectivity index is 3.36. The second-order valence-electron chi connectivity index (χ2n) is 8.66. The summed E-state index contributed by atoms with van der Waals surface area (Å²) in [5, 5.41) is 3.09. The summed E-state index contributed by atoms with van der Waals surface area (Å²) in [6.45, 7) is 10.8. The van der Waals surface area contributed by atoms with E-state index in [0.29, 0.717) is 6.42 Å². The molecule has 28 heavy (non-hydrogen) atoms. The molecule has 1 amide bonds. The molecular weight excluding hydrogens is 344 g/mol. The highest BCUT2D eigenvalue weighted by atomic mass is 16.1. The lowest BCUT2D eigenvalue weighted by atomic mass is 10.1. The van der Waals surface area contributed by atoms with Crippen molar-refractivity contribution in [2.75, 3.05) is 33.2 Å². The fourth-order valence-electron chi connectivity index (χ4n) is 3.45. The van der Waals surface area contributed by atoms with Crippen LogP contribution in [0.25, 0.3) is 0 Å². The van der Waals surface area contributed by atoms with E-state index in [0.717, 1.165) is 37.1 Å². The number of quaternary nitrogens is 1. The van der Waals surface area contributed by atoms with Crippen molar-refractivity contribution in [1.82, 2.24) is 5.32 Å². The zero-order valence-corrected chi connectivity index (χ0v) is 19.7. The Morgan fingerprint density at radius 3 is 1.79 bits per heavy atom. The fraction of sp³-hybridized carbons (Fsp3) is 0.880. The number of likely N-dealkylation sites (N-methyl/N-ethyl adjacent to an activating group) is 1. The van der Waals surface area contributed by atoms with E-state index in [-0.39, 0.29) is 5.91 Å². The van der Waals surface area contributed by atoms with Gasteiger partial charge in [-0.25, -0.2) is 0 Å². The van der Waals surface area contributed by atoms with Gasteiger partial charge in [0.25, 0.3) is 0 Å². The Bertz CT molecular complexity index is 375. The number of carbonyl (C=O) groups is 1. The van der Waals surface area contributed by atoms with Gasteiger partial charge in [0.15, 0.2) is 0 Å². The highest BCUT2D eigenvalue weighted by Gasteiger charge is 2.15. The first-order valence-corrected chi connectivity index (χ1v) is 12.3. The van der Waals surface area contributed by atoms with Crippen molar-refractivity contribution in [3.63, 3.8) is 0 Å². The van der Waals surface area contributed by atoms with Crippen LogP contribution < -0.4 is 5.32 Å². The number of allylic oxidation sites excluding steroid dienone is 2. The highest BCUT2D eigenvalue weighted by molar-refractivity contribution is 5.75. The van der Waals surface area contributed by atoms with Gasteiger partial charge >= 0.3 is 0 Å². The van der Waals surface area contributed by atoms with Gasteiger partial charge < -0.3 is 9.80 Å². The van der Waals surface area contributed by atoms with Crippen LogP contribution in [0, 0.1) is 0 Å². The van der Waals surface area contributed by atoms with Crippen molar-refractivity contribution in [1.29, 1.82) is 0 Å². The van der Waals surface area contributed by atoms with Crippen molar-refractivity contribution < 1.29 is 9.28 Å². The van der Waals surface area contributed by atoms with Gasteiger partial charge in [0.1, 0.15) is 0 Å². The number of nitrogens with one attached hydrogen (secondary N) is 1. The van der Waals surface area contributed by atoms with E-state index in [1.165, 1.54) is 77.0 Å². The van der Waals surface area contributed by atoms with Crippen molar-refractivity contribution >= 4 is 5.91 Å². The molecule has 0 bridgehead atoms. The van der Waals surface area contributed by atoms with Gasteiger partial charge in [0.2, 0.25) is 5.91 Å². The summed E-state index contributed by atoms with van der Waals surface area (Å²) in [6.07, 6.45) is 22.3. The molecule has 0 atom stereocenters. The molecule has 3 heteroatoms. The largest absolute Gasteiger partial charge is 0.350 e. The standard InChI is InChI=1S/C25H50N2O/c1-5-8-9-10-11-12-13-14-15-16-17-18-19-20-21-22-25(28)26-23-24-27(4,6-2)7-3/h14-15H,5-13,16-24H2,1-4H3/p+1. The predicted molar refractivity (Wildman–Crippen MR) is 125 cm³/mol. The Labute approximate surface area is 176 Å². The second-order valence-corrected chi connectivity index (χ2v) is 8.66. The van der Waals surface area contributed by atoms with Gasteiger partial charge in [0, 0.05) is 6.42 Å². The molecule has 0 aliphatic heterocycles. The maximum Gasteiger partial charge on any atom is 0.220 e. The van der Waals surface area contributed by atoms with Gasteiger partial charge in [0.05, 0.1) is 33.2 Å². The van der Waals surface area contributed by atoms with E-state index in [4.69, 9.17) is 0 Å². The Hall–Kier alpha value is -0.830. The SMILES string of the molecule is CCCCCCCCC=CCCCCCCCC(=O)NCC[N+](C)(CC)CC. The van der Waals surface area contributed by atoms with Gasteiger partial charge in [-0.05, 0) is 46.0 Å². The maximum atomic E-state index is 11.9. The third-order valence-electron chi connectivity index (χ3n) is 6.17. The summed E-state index contributed by atoms with van der Waals surface area (Å²) >= 11 is 0. The molecule has 0 spiro atoms. The Morgan fingerprint density at radius 2 is 1.25 bits per heavy atom. The van der Waals surface area contributed by atoms with E-state index in [1.807, 2.05) is 0 Å². The van der Waals surface area contributed by atoms with Crippen LogP contribution in [0.4, 0.5) is 0 Å². The minimum absolute atomic E-state index is 0.233. The molecule has 0 saturated heterocycles. The lowest BCUT2D eigenvalue weighted by Crippen LogP contribution is -2.48. The van der Waals surface area contributed by atoms with Gasteiger partial charge in [-0.2, -0.15) is 0 Å². The van der Waals surface area contributed by atoms with Crippen LogP contribution in [0.2, 0.25) is 0 Å². The van der Waals surface area contributed by atoms with Crippen LogP contribution in [-0.2, 0) is 4.79 Å². The molecule has 3 nitrogen and oxygen atoms in total. The molecule has 0 aromatic rings. The average molecular weight is 396 g/mol. The number of hydrogen-bond acceptors (Lipinski definition) is 1. The van der Waals surface area contributed by atoms with E-state index >= 15 is 0 Å². The smallest absolute Gasteiger partial charge is 0.220 e. The predicted octanol–water partition coefficient (Wildman–Crippen LogP) is 6.63. The number of amides is 1. The quantitative estimate of drug-likeness (QED) is 0.140. The first-order valence-electron chi connectivity index (χ1n) is 12.3. The topological polar surface area (TPSA) is 29.1 Å². The minimum atomic E-state index is 0.233. The van der Waals surface area contributed by atoms with Crippen LogP contribution >= 0.6 is 0 Å². The summed E-state index contributed by atoms with van der Waals surface area (Å²) < 4.78 is 1.04. The fourth-order valence-corrected chi connectivity index (χ4v) is 3.45. The van der Waals surface area contributed by atoms with Crippen molar-refractivity contribution in [3.05, 3.63) is 12.2 Å². The maximum absolute atomic E-state index is 11.9. The van der Waals surface area contributed by atoms with Gasteiger partial charge in [-0.1, -0.05) is 70.4 Å². The van der Waals surface area contributed by atoms with Crippen LogP contribution in [0.5, 0.6) is 0 Å². The average Bonchev–Trinajstić information content (AvgIpc) is 2.70. The minimum Gasteiger partial charge on any atom is -0.350 e. The molecule has 0 aliphatic carbocycles. The van der Waals surface area contributed by atoms with Crippen LogP contribution in [0.3, 0.4) is 0 Å². The third kappa shape index (κ3) is 17.3. The van der Waals surface area contributed by atoms with Crippen molar-refractivity contribution in [3.8, 4) is 0 Å². The lowest BCUT2D eigenvalue weighted by molar-refractivity contribution is -0.904. The second kappa shape index (κ2) is 19.5. The molecule has 0 unspecified atom stereocenters. The molecular formula is C25H51N2O+. The number of hydrogen-bond donors (Lipinski definition) is 1. The normalized spacial score (nSPS) is 12.0. The molecule has 0 aromatic heterocycles. The summed E-state index contributed by atoms with van der Waals surface area (Å²) in [6, 6.07) is 0. The van der Waals surface area contributed by atoms with Gasteiger partial charge in [-0.3, -0.25) is 4.79 Å². The molecule has 0 radical (unpaired) electrons. The number of nitrogens with zero attached hydrogens (tertiary/aromatic N) is 1. The first kappa shape index (κ1) is 27.2. The van der Waals surface area contributed by atoms with E-state index < -0.39 is 0 Å².